The van der Waals surface area contributed by atoms with Crippen LogP contribution in [0.2, 0.25) is 5.04 Å². The first-order chi connectivity index (χ1) is 22.1. The number of hydrogen-bond donors (Lipinski definition) is 2. The molecule has 4 aromatic rings. The van der Waals surface area contributed by atoms with E-state index in [4.69, 9.17) is 9.53 Å². The standard InChI is InChI=1S/C39H44O5SSi/c1-39(2,3)46(29-17-8-6-9-18-29,30-19-10-7-11-20-30)44-35(37-26-28-16-14-15-22-36(28)45-37)25-24-32-31(33(40)27-34(32)41)21-12-4-5-13-23-38(42)43/h4,6-12,14-20,22,24,26,31,33,35,40H,5,13,21,23,25,27H2,1-3H3,(H,42,43)/t31-,33+,35-/m1/s1. The number of rotatable bonds is 13. The fraction of sp³-hybridized carbons (Fsp3) is 0.333. The highest BCUT2D eigenvalue weighted by Crippen LogP contribution is 2.43. The van der Waals surface area contributed by atoms with Crippen LogP contribution in [0.3, 0.4) is 0 Å². The lowest BCUT2D eigenvalue weighted by atomic mass is 9.95. The van der Waals surface area contributed by atoms with E-state index in [9.17, 15) is 14.7 Å². The Morgan fingerprint density at radius 2 is 1.61 bits per heavy atom. The average molecular weight is 653 g/mol. The third kappa shape index (κ3) is 7.50. The predicted octanol–water partition coefficient (Wildman–Crippen LogP) is 7.99. The van der Waals surface area contributed by atoms with Crippen LogP contribution in [0.5, 0.6) is 0 Å². The summed E-state index contributed by atoms with van der Waals surface area (Å²) in [5.74, 6) is -1.11. The summed E-state index contributed by atoms with van der Waals surface area (Å²) in [6.45, 7) is 6.82. The van der Waals surface area contributed by atoms with Crippen LogP contribution >= 0.6 is 11.3 Å². The highest BCUT2D eigenvalue weighted by atomic mass is 32.1. The highest BCUT2D eigenvalue weighted by Gasteiger charge is 2.51. The van der Waals surface area contributed by atoms with Crippen LogP contribution in [-0.4, -0.2) is 36.4 Å². The van der Waals surface area contributed by atoms with Crippen LogP contribution in [0.25, 0.3) is 10.1 Å². The third-order valence-electron chi connectivity index (χ3n) is 8.95. The molecule has 2 N–H and O–H groups in total. The van der Waals surface area contributed by atoms with Gasteiger partial charge in [-0.25, -0.2) is 0 Å². The Balaban J connectivity index is 1.54. The van der Waals surface area contributed by atoms with Gasteiger partial charge in [0.25, 0.3) is 8.32 Å². The summed E-state index contributed by atoms with van der Waals surface area (Å²) in [5, 5.41) is 23.1. The molecule has 0 spiro atoms. The smallest absolute Gasteiger partial charge is 0.303 e. The molecule has 3 aromatic carbocycles. The number of aliphatic hydroxyl groups is 1. The number of allylic oxidation sites excluding steroid dienone is 2. The molecule has 0 bridgehead atoms. The molecule has 46 heavy (non-hydrogen) atoms. The zero-order valence-corrected chi connectivity index (χ0v) is 28.7. The van der Waals surface area contributed by atoms with Crippen molar-refractivity contribution in [3.8, 4) is 0 Å². The Morgan fingerprint density at radius 3 is 2.22 bits per heavy atom. The van der Waals surface area contributed by atoms with Crippen molar-refractivity contribution in [2.45, 2.75) is 76.5 Å². The van der Waals surface area contributed by atoms with Gasteiger partial charge in [0.1, 0.15) is 0 Å². The first-order valence-corrected chi connectivity index (χ1v) is 18.9. The van der Waals surface area contributed by atoms with Crippen molar-refractivity contribution in [1.29, 1.82) is 0 Å². The molecule has 5 rings (SSSR count). The number of aliphatic hydroxyl groups excluding tert-OH is 1. The maximum atomic E-state index is 13.2. The van der Waals surface area contributed by atoms with E-state index >= 15 is 0 Å². The van der Waals surface area contributed by atoms with E-state index in [0.717, 1.165) is 4.88 Å². The fourth-order valence-corrected chi connectivity index (χ4v) is 12.5. The largest absolute Gasteiger partial charge is 0.481 e. The van der Waals surface area contributed by atoms with E-state index in [1.165, 1.54) is 20.5 Å². The number of unbranched alkanes of at least 4 members (excludes halogenated alkanes) is 1. The van der Waals surface area contributed by atoms with E-state index in [1.54, 1.807) is 11.3 Å². The van der Waals surface area contributed by atoms with Gasteiger partial charge >= 0.3 is 5.97 Å². The number of fused-ring (bicyclic) bond motifs is 1. The van der Waals surface area contributed by atoms with Crippen molar-refractivity contribution < 1.29 is 24.2 Å². The summed E-state index contributed by atoms with van der Waals surface area (Å²) < 4.78 is 8.86. The van der Waals surface area contributed by atoms with Gasteiger partial charge in [-0.3, -0.25) is 9.59 Å². The van der Waals surface area contributed by atoms with Gasteiger partial charge in [0.2, 0.25) is 0 Å². The van der Waals surface area contributed by atoms with Gasteiger partial charge in [0, 0.05) is 28.3 Å². The molecule has 3 atom stereocenters. The van der Waals surface area contributed by atoms with Crippen LogP contribution in [0.4, 0.5) is 0 Å². The number of carboxylic acid groups (broad SMARTS) is 1. The van der Waals surface area contributed by atoms with Crippen LogP contribution in [0, 0.1) is 5.92 Å². The lowest BCUT2D eigenvalue weighted by molar-refractivity contribution is -0.137. The molecule has 1 aliphatic carbocycles. The van der Waals surface area contributed by atoms with Crippen molar-refractivity contribution in [3.63, 3.8) is 0 Å². The SMILES string of the molecule is CC(C)(C)[Si](O[C@H](CC=C1C(=O)C[C@H](O)[C@@H]1CC=CCCCC(=O)O)c1cc2ccccc2s1)(c1ccccc1)c1ccccc1. The number of hydrogen-bond acceptors (Lipinski definition) is 5. The molecule has 0 amide bonds. The van der Waals surface area contributed by atoms with E-state index in [0.29, 0.717) is 31.3 Å². The van der Waals surface area contributed by atoms with Gasteiger partial charge in [0.05, 0.1) is 12.2 Å². The van der Waals surface area contributed by atoms with Gasteiger partial charge < -0.3 is 14.6 Å². The van der Waals surface area contributed by atoms with Crippen LogP contribution < -0.4 is 10.4 Å². The second kappa shape index (κ2) is 14.9. The summed E-state index contributed by atoms with van der Waals surface area (Å²) in [5.41, 5.74) is 0.667. The zero-order valence-electron chi connectivity index (χ0n) is 26.9. The number of ketones is 1. The minimum atomic E-state index is -2.92. The summed E-state index contributed by atoms with van der Waals surface area (Å²) in [6.07, 6.45) is 7.42. The summed E-state index contributed by atoms with van der Waals surface area (Å²) in [6, 6.07) is 31.8. The summed E-state index contributed by atoms with van der Waals surface area (Å²) >= 11 is 1.74. The monoisotopic (exact) mass is 652 g/mol. The lowest BCUT2D eigenvalue weighted by Crippen LogP contribution is -2.66. The van der Waals surface area contributed by atoms with Crippen molar-refractivity contribution in [2.75, 3.05) is 0 Å². The maximum absolute atomic E-state index is 13.2. The molecular formula is C39H44O5SSi. The number of thiophene rings is 1. The number of carbonyl (C=O) groups is 2. The van der Waals surface area contributed by atoms with Crippen LogP contribution in [0.1, 0.15) is 70.3 Å². The number of Topliss-reactive ketones (excluding diaryl/α,β-unsaturated/α-hetero) is 1. The first kappa shape index (κ1) is 33.7. The molecule has 1 aliphatic rings. The predicted molar refractivity (Wildman–Crippen MR) is 190 cm³/mol. The Bertz CT molecular complexity index is 1610. The molecule has 1 aromatic heterocycles. The van der Waals surface area contributed by atoms with Gasteiger partial charge in [-0.2, -0.15) is 0 Å². The molecule has 1 heterocycles. The van der Waals surface area contributed by atoms with Gasteiger partial charge in [-0.05, 0) is 64.2 Å². The number of aliphatic carboxylic acids is 1. The minimum Gasteiger partial charge on any atom is -0.481 e. The normalized spacial score (nSPS) is 19.0. The summed E-state index contributed by atoms with van der Waals surface area (Å²) in [4.78, 5) is 25.2. The highest BCUT2D eigenvalue weighted by molar-refractivity contribution is 7.19. The molecule has 0 saturated heterocycles. The molecule has 0 radical (unpaired) electrons. The van der Waals surface area contributed by atoms with Crippen molar-refractivity contribution in [2.24, 2.45) is 5.92 Å². The summed E-state index contributed by atoms with van der Waals surface area (Å²) in [7, 11) is -2.92. The topological polar surface area (TPSA) is 83.8 Å². The van der Waals surface area contributed by atoms with Crippen molar-refractivity contribution in [3.05, 3.63) is 120 Å². The van der Waals surface area contributed by atoms with E-state index < -0.39 is 20.4 Å². The quantitative estimate of drug-likeness (QED) is 0.0662. The molecule has 1 fully saturated rings. The van der Waals surface area contributed by atoms with Gasteiger partial charge in [0.15, 0.2) is 5.78 Å². The molecule has 240 valence electrons. The number of carboxylic acids is 1. The van der Waals surface area contributed by atoms with Gasteiger partial charge in [-0.1, -0.05) is 118 Å². The average Bonchev–Trinajstić information content (AvgIpc) is 3.58. The van der Waals surface area contributed by atoms with Crippen LogP contribution in [0.15, 0.2) is 115 Å². The third-order valence-corrected chi connectivity index (χ3v) is 15.2. The first-order valence-electron chi connectivity index (χ1n) is 16.2. The Hall–Kier alpha value is -3.62. The second-order valence-corrected chi connectivity index (χ2v) is 18.5. The maximum Gasteiger partial charge on any atom is 0.303 e. The molecular weight excluding hydrogens is 609 g/mol. The van der Waals surface area contributed by atoms with E-state index in [-0.39, 0.29) is 35.7 Å². The Labute approximate surface area is 277 Å². The molecule has 7 heteroatoms. The van der Waals surface area contributed by atoms with E-state index in [1.807, 2.05) is 30.4 Å². The minimum absolute atomic E-state index is 0.0164. The lowest BCUT2D eigenvalue weighted by Gasteiger charge is -2.45. The Morgan fingerprint density at radius 1 is 0.978 bits per heavy atom. The molecule has 0 aliphatic heterocycles. The van der Waals surface area contributed by atoms with Crippen LogP contribution in [-0.2, 0) is 14.0 Å². The zero-order chi connectivity index (χ0) is 32.7. The van der Waals surface area contributed by atoms with Crippen molar-refractivity contribution >= 4 is 51.9 Å². The fourth-order valence-electron chi connectivity index (χ4n) is 6.67. The second-order valence-electron chi connectivity index (χ2n) is 13.1. The van der Waals surface area contributed by atoms with Gasteiger partial charge in [-0.15, -0.1) is 11.3 Å². The molecule has 0 unspecified atom stereocenters. The Kier molecular flexibility index (Phi) is 10.9. The molecule has 5 nitrogen and oxygen atoms in total. The number of carbonyl (C=O) groups excluding carboxylic acids is 1. The molecule has 1 saturated carbocycles. The number of benzene rings is 3. The van der Waals surface area contributed by atoms with E-state index in [2.05, 4.69) is 99.6 Å². The van der Waals surface area contributed by atoms with Crippen molar-refractivity contribution in [1.82, 2.24) is 0 Å².